The van der Waals surface area contributed by atoms with Crippen LogP contribution in [0.2, 0.25) is 0 Å². The average molecular weight is 194 g/mol. The quantitative estimate of drug-likeness (QED) is 0.634. The van der Waals surface area contributed by atoms with Crippen molar-refractivity contribution in [3.05, 3.63) is 0 Å². The maximum Gasteiger partial charge on any atom is 0.472 e. The molecule has 0 bridgehead atoms. The molecule has 0 heterocycles. The zero-order valence-corrected chi connectivity index (χ0v) is 5.44. The molecule has 9 heteroatoms. The van der Waals surface area contributed by atoms with E-state index < -0.39 is 22.6 Å². The number of hydrogen-bond donors (Lipinski definition) is 1. The lowest BCUT2D eigenvalue weighted by Crippen LogP contribution is -2.32. The Morgan fingerprint density at radius 3 is 1.91 bits per heavy atom. The van der Waals surface area contributed by atoms with Crippen LogP contribution in [-0.2, 0) is 19.5 Å². The van der Waals surface area contributed by atoms with Gasteiger partial charge in [-0.15, -0.1) is 0 Å². The molecule has 0 aromatic carbocycles. The number of rotatable bonds is 3. The van der Waals surface area contributed by atoms with E-state index in [9.17, 15) is 25.9 Å². The van der Waals surface area contributed by atoms with Crippen molar-refractivity contribution in [3.8, 4) is 0 Å². The van der Waals surface area contributed by atoms with E-state index in [1.165, 1.54) is 0 Å². The van der Waals surface area contributed by atoms with Crippen molar-refractivity contribution in [1.82, 2.24) is 0 Å². The topological polar surface area (TPSA) is 80.7 Å². The van der Waals surface area contributed by atoms with Gasteiger partial charge in [-0.1, -0.05) is 3.89 Å². The van der Waals surface area contributed by atoms with Crippen LogP contribution in [0.15, 0.2) is 0 Å². The zero-order valence-electron chi connectivity index (χ0n) is 4.62. The molecule has 0 saturated heterocycles. The molecule has 0 aliphatic heterocycles. The Balaban J connectivity index is 4.51. The summed E-state index contributed by atoms with van der Waals surface area (Å²) in [5, 5.41) is 7.50. The number of aliphatic carboxylic acids is 1. The fraction of sp³-hybridized carbons (Fsp3) is 0.500. The summed E-state index contributed by atoms with van der Waals surface area (Å²) in [7, 11) is -5.96. The molecule has 0 aromatic heterocycles. The predicted octanol–water partition coefficient (Wildman–Crippen LogP) is -0.105. The average Bonchev–Trinajstić information content (AvgIpc) is 1.56. The van der Waals surface area contributed by atoms with Crippen molar-refractivity contribution in [3.63, 3.8) is 0 Å². The minimum Gasteiger partial charge on any atom is -0.475 e. The molecular formula is C2HF3O5S. The van der Waals surface area contributed by atoms with Crippen molar-refractivity contribution >= 4 is 16.5 Å². The third-order valence-corrected chi connectivity index (χ3v) is 0.862. The van der Waals surface area contributed by atoms with Gasteiger partial charge in [0.15, 0.2) is 0 Å². The Kier molecular flexibility index (Phi) is 2.46. The fourth-order valence-electron chi connectivity index (χ4n) is 0.161. The standard InChI is InChI=1S/C2HF3O5S/c3-2(4,1(6)7)10-11(5,8)9/h(H,6,7). The summed E-state index contributed by atoms with van der Waals surface area (Å²) >= 11 is 0. The first-order valence-corrected chi connectivity index (χ1v) is 3.22. The summed E-state index contributed by atoms with van der Waals surface area (Å²) in [6.45, 7) is 0. The summed E-state index contributed by atoms with van der Waals surface area (Å²) in [6.07, 6.45) is -5.06. The molecule has 0 aliphatic carbocycles. The van der Waals surface area contributed by atoms with E-state index in [4.69, 9.17) is 5.11 Å². The Morgan fingerprint density at radius 2 is 1.82 bits per heavy atom. The lowest BCUT2D eigenvalue weighted by molar-refractivity contribution is -0.210. The minimum atomic E-state index is -5.96. The second-order valence-electron chi connectivity index (χ2n) is 1.30. The largest absolute Gasteiger partial charge is 0.475 e. The molecule has 0 radical (unpaired) electrons. The van der Waals surface area contributed by atoms with Gasteiger partial charge in [-0.3, -0.25) is 0 Å². The van der Waals surface area contributed by atoms with E-state index in [2.05, 4.69) is 4.18 Å². The zero-order chi connectivity index (χ0) is 9.28. The summed E-state index contributed by atoms with van der Waals surface area (Å²) in [5.74, 6) is -2.89. The van der Waals surface area contributed by atoms with E-state index in [1.54, 1.807) is 0 Å². The highest BCUT2D eigenvalue weighted by molar-refractivity contribution is 7.81. The molecule has 5 nitrogen and oxygen atoms in total. The molecule has 0 rings (SSSR count). The number of carboxylic acids is 1. The number of halogens is 3. The lowest BCUT2D eigenvalue weighted by Gasteiger charge is -2.05. The molecule has 0 atom stereocenters. The van der Waals surface area contributed by atoms with Crippen LogP contribution in [-0.4, -0.2) is 25.6 Å². The van der Waals surface area contributed by atoms with Gasteiger partial charge in [0, 0.05) is 0 Å². The first kappa shape index (κ1) is 10.2. The second kappa shape index (κ2) is 2.66. The van der Waals surface area contributed by atoms with Gasteiger partial charge < -0.3 is 5.11 Å². The Morgan fingerprint density at radius 1 is 1.45 bits per heavy atom. The molecule has 1 N–H and O–H groups in total. The smallest absolute Gasteiger partial charge is 0.472 e. The van der Waals surface area contributed by atoms with Crippen molar-refractivity contribution in [2.45, 2.75) is 6.11 Å². The molecule has 11 heavy (non-hydrogen) atoms. The third-order valence-electron chi connectivity index (χ3n) is 0.453. The van der Waals surface area contributed by atoms with Crippen molar-refractivity contribution in [2.24, 2.45) is 0 Å². The van der Waals surface area contributed by atoms with Crippen molar-refractivity contribution < 1.29 is 35.2 Å². The number of alkyl halides is 2. The molecule has 0 aliphatic rings. The molecule has 0 fully saturated rings. The summed E-state index contributed by atoms with van der Waals surface area (Å²) in [6, 6.07) is 0. The summed E-state index contributed by atoms with van der Waals surface area (Å²) in [4.78, 5) is 9.39. The second-order valence-corrected chi connectivity index (χ2v) is 2.25. The Bertz CT molecular complexity index is 255. The maximum absolute atomic E-state index is 11.6. The van der Waals surface area contributed by atoms with Crippen molar-refractivity contribution in [1.29, 1.82) is 0 Å². The van der Waals surface area contributed by atoms with Gasteiger partial charge in [-0.25, -0.2) is 4.79 Å². The van der Waals surface area contributed by atoms with Crippen LogP contribution in [0.3, 0.4) is 0 Å². The van der Waals surface area contributed by atoms with E-state index in [1.807, 2.05) is 0 Å². The minimum absolute atomic E-state index is 2.26. The van der Waals surface area contributed by atoms with E-state index in [-0.39, 0.29) is 0 Å². The van der Waals surface area contributed by atoms with Crippen LogP contribution in [0.4, 0.5) is 12.7 Å². The molecular weight excluding hydrogens is 193 g/mol. The maximum atomic E-state index is 11.6. The highest BCUT2D eigenvalue weighted by atomic mass is 32.3. The molecule has 0 aromatic rings. The third kappa shape index (κ3) is 3.78. The van der Waals surface area contributed by atoms with E-state index in [0.29, 0.717) is 0 Å². The van der Waals surface area contributed by atoms with Crippen LogP contribution in [0.25, 0.3) is 0 Å². The summed E-state index contributed by atoms with van der Waals surface area (Å²) < 4.78 is 55.4. The van der Waals surface area contributed by atoms with Gasteiger partial charge in [0.1, 0.15) is 0 Å². The van der Waals surface area contributed by atoms with Crippen molar-refractivity contribution in [2.75, 3.05) is 0 Å². The Labute approximate surface area is 58.8 Å². The van der Waals surface area contributed by atoms with Gasteiger partial charge in [-0.05, 0) is 0 Å². The predicted molar refractivity (Wildman–Crippen MR) is 23.7 cm³/mol. The van der Waals surface area contributed by atoms with Crippen LogP contribution in [0.5, 0.6) is 0 Å². The summed E-state index contributed by atoms with van der Waals surface area (Å²) in [5.41, 5.74) is 0. The lowest BCUT2D eigenvalue weighted by atomic mass is 10.7. The molecule has 0 amide bonds. The first-order chi connectivity index (χ1) is 4.65. The SMILES string of the molecule is O=C(O)C(F)(F)OS(=O)(=O)F. The monoisotopic (exact) mass is 194 g/mol. The van der Waals surface area contributed by atoms with Crippen LogP contribution >= 0.6 is 0 Å². The Hall–Kier alpha value is -0.830. The highest BCUT2D eigenvalue weighted by Crippen LogP contribution is 2.18. The number of hydrogen-bond acceptors (Lipinski definition) is 4. The molecule has 0 spiro atoms. The molecule has 66 valence electrons. The van der Waals surface area contributed by atoms with E-state index in [0.717, 1.165) is 0 Å². The number of carbonyl (C=O) groups is 1. The normalized spacial score (nSPS) is 13.0. The molecule has 0 unspecified atom stereocenters. The van der Waals surface area contributed by atoms with Crippen LogP contribution in [0.1, 0.15) is 0 Å². The molecule has 0 saturated carbocycles. The van der Waals surface area contributed by atoms with Gasteiger partial charge in [-0.2, -0.15) is 21.4 Å². The van der Waals surface area contributed by atoms with Gasteiger partial charge in [0.05, 0.1) is 0 Å². The van der Waals surface area contributed by atoms with Gasteiger partial charge in [0.25, 0.3) is 0 Å². The van der Waals surface area contributed by atoms with Crippen LogP contribution < -0.4 is 0 Å². The van der Waals surface area contributed by atoms with E-state index >= 15 is 0 Å². The van der Waals surface area contributed by atoms with Gasteiger partial charge in [0.2, 0.25) is 0 Å². The fourth-order valence-corrected chi connectivity index (χ4v) is 0.482. The number of carboxylic acid groups (broad SMARTS) is 1. The van der Waals surface area contributed by atoms with Gasteiger partial charge >= 0.3 is 22.6 Å². The first-order valence-electron chi connectivity index (χ1n) is 1.91. The highest BCUT2D eigenvalue weighted by Gasteiger charge is 2.46. The van der Waals surface area contributed by atoms with Crippen LogP contribution in [0, 0.1) is 0 Å².